The summed E-state index contributed by atoms with van der Waals surface area (Å²) in [7, 11) is 2.05. The van der Waals surface area contributed by atoms with Crippen LogP contribution in [-0.4, -0.2) is 30.8 Å². The highest BCUT2D eigenvalue weighted by molar-refractivity contribution is 5.12. The van der Waals surface area contributed by atoms with Crippen LogP contribution in [0.2, 0.25) is 0 Å². The molecule has 0 aromatic carbocycles. The van der Waals surface area contributed by atoms with Crippen LogP contribution in [0.15, 0.2) is 24.5 Å². The minimum absolute atomic E-state index is 0.425. The summed E-state index contributed by atoms with van der Waals surface area (Å²) >= 11 is 0. The molecule has 2 rings (SSSR count). The van der Waals surface area contributed by atoms with Gasteiger partial charge in [0.15, 0.2) is 0 Å². The first-order valence-electron chi connectivity index (χ1n) is 6.53. The molecule has 3 atom stereocenters. The van der Waals surface area contributed by atoms with Crippen LogP contribution in [0.4, 0.5) is 0 Å². The Morgan fingerprint density at radius 3 is 2.88 bits per heavy atom. The molecular formula is C14H22N2O. The Morgan fingerprint density at radius 2 is 2.24 bits per heavy atom. The number of likely N-dealkylation sites (N-methyl/N-ethyl adjacent to an activating group) is 1. The SMILES string of the molecule is CCC1OCCC1C(Cc1ccncc1)NC. The van der Waals surface area contributed by atoms with Gasteiger partial charge in [-0.05, 0) is 44.0 Å². The lowest BCUT2D eigenvalue weighted by molar-refractivity contribution is 0.0783. The summed E-state index contributed by atoms with van der Waals surface area (Å²) in [4.78, 5) is 4.06. The highest BCUT2D eigenvalue weighted by Gasteiger charge is 2.32. The van der Waals surface area contributed by atoms with Crippen molar-refractivity contribution in [2.75, 3.05) is 13.7 Å². The van der Waals surface area contributed by atoms with Crippen molar-refractivity contribution in [1.29, 1.82) is 0 Å². The van der Waals surface area contributed by atoms with Crippen molar-refractivity contribution in [3.63, 3.8) is 0 Å². The smallest absolute Gasteiger partial charge is 0.0616 e. The summed E-state index contributed by atoms with van der Waals surface area (Å²) in [5, 5.41) is 3.46. The van der Waals surface area contributed by atoms with Gasteiger partial charge in [-0.15, -0.1) is 0 Å². The fourth-order valence-corrected chi connectivity index (χ4v) is 2.79. The minimum Gasteiger partial charge on any atom is -0.378 e. The van der Waals surface area contributed by atoms with Gasteiger partial charge in [-0.2, -0.15) is 0 Å². The second-order valence-corrected chi connectivity index (χ2v) is 4.72. The number of hydrogen-bond acceptors (Lipinski definition) is 3. The standard InChI is InChI=1S/C14H22N2O/c1-3-14-12(6-9-17-14)13(15-2)10-11-4-7-16-8-5-11/h4-5,7-8,12-15H,3,6,9-10H2,1-2H3. The van der Waals surface area contributed by atoms with Gasteiger partial charge >= 0.3 is 0 Å². The number of pyridine rings is 1. The van der Waals surface area contributed by atoms with Crippen molar-refractivity contribution in [2.24, 2.45) is 5.92 Å². The molecular weight excluding hydrogens is 212 g/mol. The van der Waals surface area contributed by atoms with Crippen molar-refractivity contribution in [2.45, 2.75) is 38.3 Å². The van der Waals surface area contributed by atoms with E-state index >= 15 is 0 Å². The van der Waals surface area contributed by atoms with E-state index < -0.39 is 0 Å². The monoisotopic (exact) mass is 234 g/mol. The Labute approximate surface area is 104 Å². The van der Waals surface area contributed by atoms with Crippen LogP contribution in [0.1, 0.15) is 25.3 Å². The summed E-state index contributed by atoms with van der Waals surface area (Å²) < 4.78 is 5.78. The average Bonchev–Trinajstić information content (AvgIpc) is 2.85. The molecule has 0 radical (unpaired) electrons. The van der Waals surface area contributed by atoms with Crippen LogP contribution < -0.4 is 5.32 Å². The van der Waals surface area contributed by atoms with Gasteiger partial charge in [0.1, 0.15) is 0 Å². The molecule has 1 aliphatic rings. The average molecular weight is 234 g/mol. The third-order valence-corrected chi connectivity index (χ3v) is 3.76. The second-order valence-electron chi connectivity index (χ2n) is 4.72. The summed E-state index contributed by atoms with van der Waals surface area (Å²) in [6.07, 6.45) is 7.50. The highest BCUT2D eigenvalue weighted by Crippen LogP contribution is 2.27. The van der Waals surface area contributed by atoms with E-state index in [2.05, 4.69) is 36.4 Å². The number of hydrogen-bond donors (Lipinski definition) is 1. The van der Waals surface area contributed by atoms with Gasteiger partial charge in [-0.1, -0.05) is 6.92 Å². The topological polar surface area (TPSA) is 34.1 Å². The van der Waals surface area contributed by atoms with E-state index in [1.807, 2.05) is 12.4 Å². The molecule has 0 spiro atoms. The number of nitrogens with one attached hydrogen (secondary N) is 1. The van der Waals surface area contributed by atoms with Crippen molar-refractivity contribution in [3.8, 4) is 0 Å². The fourth-order valence-electron chi connectivity index (χ4n) is 2.79. The van der Waals surface area contributed by atoms with Gasteiger partial charge < -0.3 is 10.1 Å². The molecule has 1 fully saturated rings. The molecule has 1 N–H and O–H groups in total. The molecule has 2 heterocycles. The van der Waals surface area contributed by atoms with E-state index in [0.717, 1.165) is 19.4 Å². The Hall–Kier alpha value is -0.930. The summed E-state index contributed by atoms with van der Waals surface area (Å²) in [6.45, 7) is 3.12. The number of nitrogens with zero attached hydrogens (tertiary/aromatic N) is 1. The van der Waals surface area contributed by atoms with Crippen molar-refractivity contribution >= 4 is 0 Å². The first kappa shape index (κ1) is 12.5. The Bertz CT molecular complexity index is 328. The first-order valence-corrected chi connectivity index (χ1v) is 6.53. The highest BCUT2D eigenvalue weighted by atomic mass is 16.5. The van der Waals surface area contributed by atoms with E-state index in [-0.39, 0.29) is 0 Å². The lowest BCUT2D eigenvalue weighted by Gasteiger charge is -2.26. The molecule has 1 aliphatic heterocycles. The first-order chi connectivity index (χ1) is 8.35. The van der Waals surface area contributed by atoms with E-state index in [0.29, 0.717) is 18.1 Å². The van der Waals surface area contributed by atoms with Crippen molar-refractivity contribution in [1.82, 2.24) is 10.3 Å². The molecule has 17 heavy (non-hydrogen) atoms. The predicted molar refractivity (Wildman–Crippen MR) is 68.9 cm³/mol. The van der Waals surface area contributed by atoms with E-state index in [1.165, 1.54) is 12.0 Å². The van der Waals surface area contributed by atoms with Gasteiger partial charge in [0.25, 0.3) is 0 Å². The van der Waals surface area contributed by atoms with Crippen molar-refractivity contribution in [3.05, 3.63) is 30.1 Å². The molecule has 0 aliphatic carbocycles. The molecule has 1 saturated heterocycles. The van der Waals surface area contributed by atoms with Gasteiger partial charge in [-0.25, -0.2) is 0 Å². The fraction of sp³-hybridized carbons (Fsp3) is 0.643. The zero-order valence-corrected chi connectivity index (χ0v) is 10.7. The zero-order chi connectivity index (χ0) is 12.1. The normalized spacial score (nSPS) is 26.0. The lowest BCUT2D eigenvalue weighted by Crippen LogP contribution is -2.39. The molecule has 0 saturated carbocycles. The van der Waals surface area contributed by atoms with E-state index in [9.17, 15) is 0 Å². The third-order valence-electron chi connectivity index (χ3n) is 3.76. The van der Waals surface area contributed by atoms with Gasteiger partial charge in [0, 0.05) is 31.0 Å². The van der Waals surface area contributed by atoms with E-state index in [1.54, 1.807) is 0 Å². The van der Waals surface area contributed by atoms with Gasteiger partial charge in [0.2, 0.25) is 0 Å². The molecule has 0 amide bonds. The maximum absolute atomic E-state index is 5.78. The van der Waals surface area contributed by atoms with Crippen LogP contribution in [0.5, 0.6) is 0 Å². The minimum atomic E-state index is 0.425. The Kier molecular flexibility index (Phi) is 4.51. The maximum atomic E-state index is 5.78. The molecule has 3 nitrogen and oxygen atoms in total. The zero-order valence-electron chi connectivity index (χ0n) is 10.7. The molecule has 3 heteroatoms. The van der Waals surface area contributed by atoms with E-state index in [4.69, 9.17) is 4.74 Å². The quantitative estimate of drug-likeness (QED) is 0.846. The summed E-state index contributed by atoms with van der Waals surface area (Å²) in [5.41, 5.74) is 1.35. The van der Waals surface area contributed by atoms with Gasteiger partial charge in [-0.3, -0.25) is 4.98 Å². The van der Waals surface area contributed by atoms with Crippen LogP contribution in [-0.2, 0) is 11.2 Å². The lowest BCUT2D eigenvalue weighted by atomic mass is 9.87. The predicted octanol–water partition coefficient (Wildman–Crippen LogP) is 2.03. The van der Waals surface area contributed by atoms with Crippen molar-refractivity contribution < 1.29 is 4.74 Å². The molecule has 1 aromatic heterocycles. The Morgan fingerprint density at radius 1 is 1.47 bits per heavy atom. The summed E-state index contributed by atoms with van der Waals surface area (Å²) in [6, 6.07) is 4.70. The third kappa shape index (κ3) is 3.05. The second kappa shape index (κ2) is 6.12. The number of rotatable bonds is 5. The Balaban J connectivity index is 2.01. The largest absolute Gasteiger partial charge is 0.378 e. The van der Waals surface area contributed by atoms with Crippen LogP contribution in [0.25, 0.3) is 0 Å². The maximum Gasteiger partial charge on any atom is 0.0616 e. The van der Waals surface area contributed by atoms with Crippen LogP contribution >= 0.6 is 0 Å². The molecule has 0 bridgehead atoms. The van der Waals surface area contributed by atoms with Crippen LogP contribution in [0, 0.1) is 5.92 Å². The van der Waals surface area contributed by atoms with Crippen LogP contribution in [0.3, 0.4) is 0 Å². The summed E-state index contributed by atoms with van der Waals surface area (Å²) in [5.74, 6) is 0.637. The number of ether oxygens (including phenoxy) is 1. The van der Waals surface area contributed by atoms with Gasteiger partial charge in [0.05, 0.1) is 6.10 Å². The molecule has 1 aromatic rings. The molecule has 3 unspecified atom stereocenters. The molecule has 94 valence electrons. The number of aromatic nitrogens is 1.